The lowest BCUT2D eigenvalue weighted by molar-refractivity contribution is -0.119. The van der Waals surface area contributed by atoms with Crippen molar-refractivity contribution in [2.75, 3.05) is 38.8 Å². The fourth-order valence-electron chi connectivity index (χ4n) is 5.61. The molecule has 2 amide bonds. The largest absolute Gasteiger partial charge is 0.486 e. The summed E-state index contributed by atoms with van der Waals surface area (Å²) in [4.78, 5) is 29.8. The average molecular weight is 512 g/mol. The third-order valence-electron chi connectivity index (χ3n) is 7.31. The van der Waals surface area contributed by atoms with Gasteiger partial charge in [-0.05, 0) is 29.8 Å². The van der Waals surface area contributed by atoms with E-state index in [9.17, 15) is 9.59 Å². The Morgan fingerprint density at radius 2 is 1.76 bits per heavy atom. The van der Waals surface area contributed by atoms with E-state index in [2.05, 4.69) is 5.32 Å². The zero-order chi connectivity index (χ0) is 26.2. The van der Waals surface area contributed by atoms with Crippen molar-refractivity contribution >= 4 is 28.4 Å². The van der Waals surface area contributed by atoms with Crippen molar-refractivity contribution in [1.29, 1.82) is 0 Å². The fourth-order valence-corrected chi connectivity index (χ4v) is 5.61. The number of amides is 2. The van der Waals surface area contributed by atoms with Crippen LogP contribution >= 0.6 is 0 Å². The van der Waals surface area contributed by atoms with Gasteiger partial charge in [0.1, 0.15) is 13.2 Å². The van der Waals surface area contributed by atoms with Crippen LogP contribution in [0.1, 0.15) is 33.4 Å². The second-order valence-corrected chi connectivity index (χ2v) is 9.56. The molecule has 1 aromatic heterocycles. The lowest BCUT2D eigenvalue weighted by atomic mass is 9.79. The number of para-hydroxylation sites is 1. The van der Waals surface area contributed by atoms with Crippen LogP contribution in [0, 0.1) is 0 Å². The second-order valence-electron chi connectivity index (χ2n) is 9.56. The first-order valence-electron chi connectivity index (χ1n) is 12.7. The quantitative estimate of drug-likeness (QED) is 0.412. The topological polar surface area (TPSA) is 82.0 Å². The zero-order valence-corrected chi connectivity index (χ0v) is 21.3. The number of nitrogens with zero attached hydrogens (tertiary/aromatic N) is 2. The van der Waals surface area contributed by atoms with Crippen LogP contribution < -0.4 is 14.8 Å². The number of benzene rings is 3. The van der Waals surface area contributed by atoms with E-state index in [1.807, 2.05) is 60.3 Å². The van der Waals surface area contributed by atoms with Crippen LogP contribution in [-0.2, 0) is 16.6 Å². The number of aromatic nitrogens is 1. The number of hydrogen-bond acceptors (Lipinski definition) is 5. The molecular weight excluding hydrogens is 482 g/mol. The van der Waals surface area contributed by atoms with Gasteiger partial charge >= 0.3 is 0 Å². The standard InChI is InChI=1S/C30H29N3O5/c1-32-18-23(20-7-5-6-10-24(20)32)28-27(21-8-3-4-9-22(21)30(35)33(28)13-14-36-2)29(34)31-19-11-12-25-26(17-19)38-16-15-37-25/h3-12,17-18,27-28H,13-16H2,1-2H3,(H,31,34)/t27-,28+/m1/s1. The first-order valence-corrected chi connectivity index (χ1v) is 12.7. The lowest BCUT2D eigenvalue weighted by Crippen LogP contribution is -2.47. The molecule has 0 aliphatic carbocycles. The van der Waals surface area contributed by atoms with Crippen molar-refractivity contribution < 1.29 is 23.8 Å². The van der Waals surface area contributed by atoms with Gasteiger partial charge in [-0.1, -0.05) is 36.4 Å². The van der Waals surface area contributed by atoms with Crippen molar-refractivity contribution in [2.45, 2.75) is 12.0 Å². The number of ether oxygens (including phenoxy) is 3. The van der Waals surface area contributed by atoms with Gasteiger partial charge < -0.3 is 29.0 Å². The molecule has 0 fully saturated rings. The molecule has 1 N–H and O–H groups in total. The van der Waals surface area contributed by atoms with Gasteiger partial charge in [0, 0.05) is 60.7 Å². The molecule has 6 rings (SSSR count). The van der Waals surface area contributed by atoms with Crippen LogP contribution in [0.4, 0.5) is 5.69 Å². The van der Waals surface area contributed by atoms with Gasteiger partial charge in [0.15, 0.2) is 11.5 Å². The molecule has 0 bridgehead atoms. The predicted octanol–water partition coefficient (Wildman–Crippen LogP) is 4.52. The van der Waals surface area contributed by atoms with Gasteiger partial charge in [-0.2, -0.15) is 0 Å². The maximum atomic E-state index is 14.2. The highest BCUT2D eigenvalue weighted by Gasteiger charge is 2.45. The lowest BCUT2D eigenvalue weighted by Gasteiger charge is -2.41. The van der Waals surface area contributed by atoms with Crippen LogP contribution in [0.3, 0.4) is 0 Å². The van der Waals surface area contributed by atoms with Crippen LogP contribution in [0.25, 0.3) is 10.9 Å². The Morgan fingerprint density at radius 3 is 2.61 bits per heavy atom. The predicted molar refractivity (Wildman–Crippen MR) is 144 cm³/mol. The Labute approximate surface area is 220 Å². The van der Waals surface area contributed by atoms with E-state index in [-0.39, 0.29) is 11.8 Å². The zero-order valence-electron chi connectivity index (χ0n) is 21.3. The maximum Gasteiger partial charge on any atom is 0.254 e. The summed E-state index contributed by atoms with van der Waals surface area (Å²) < 4.78 is 18.8. The van der Waals surface area contributed by atoms with E-state index in [1.54, 1.807) is 36.3 Å². The molecule has 0 saturated carbocycles. The average Bonchev–Trinajstić information content (AvgIpc) is 3.28. The maximum absolute atomic E-state index is 14.2. The summed E-state index contributed by atoms with van der Waals surface area (Å²) in [5, 5.41) is 4.10. The van der Waals surface area contributed by atoms with Gasteiger partial charge in [0.05, 0.1) is 18.6 Å². The smallest absolute Gasteiger partial charge is 0.254 e. The van der Waals surface area contributed by atoms with Gasteiger partial charge in [-0.3, -0.25) is 9.59 Å². The van der Waals surface area contributed by atoms with Crippen molar-refractivity contribution in [3.8, 4) is 11.5 Å². The van der Waals surface area contributed by atoms with Crippen molar-refractivity contribution in [1.82, 2.24) is 9.47 Å². The van der Waals surface area contributed by atoms with Crippen LogP contribution in [-0.4, -0.2) is 54.8 Å². The molecule has 0 spiro atoms. The van der Waals surface area contributed by atoms with Crippen LogP contribution in [0.2, 0.25) is 0 Å². The Balaban J connectivity index is 1.48. The summed E-state index contributed by atoms with van der Waals surface area (Å²) in [5.41, 5.74) is 3.80. The van der Waals surface area contributed by atoms with E-state index in [0.717, 1.165) is 16.5 Å². The van der Waals surface area contributed by atoms with E-state index in [1.165, 1.54) is 0 Å². The van der Waals surface area contributed by atoms with Gasteiger partial charge in [-0.25, -0.2) is 0 Å². The van der Waals surface area contributed by atoms with E-state index < -0.39 is 12.0 Å². The van der Waals surface area contributed by atoms with Gasteiger partial charge in [0.25, 0.3) is 5.91 Å². The number of aryl methyl sites for hydroxylation is 1. The van der Waals surface area contributed by atoms with E-state index in [0.29, 0.717) is 54.7 Å². The van der Waals surface area contributed by atoms with Crippen molar-refractivity contribution in [2.24, 2.45) is 7.05 Å². The summed E-state index contributed by atoms with van der Waals surface area (Å²) in [7, 11) is 3.59. The number of fused-ring (bicyclic) bond motifs is 3. The third kappa shape index (κ3) is 4.07. The highest BCUT2D eigenvalue weighted by atomic mass is 16.6. The Hall–Kier alpha value is -4.30. The molecule has 0 unspecified atom stereocenters. The van der Waals surface area contributed by atoms with Crippen molar-refractivity contribution in [3.05, 3.63) is 89.6 Å². The minimum Gasteiger partial charge on any atom is -0.486 e. The highest BCUT2D eigenvalue weighted by molar-refractivity contribution is 6.05. The first-order chi connectivity index (χ1) is 18.6. The molecule has 2 aliphatic heterocycles. The summed E-state index contributed by atoms with van der Waals surface area (Å²) in [5.74, 6) is 0.281. The Morgan fingerprint density at radius 1 is 1.00 bits per heavy atom. The second kappa shape index (κ2) is 9.87. The van der Waals surface area contributed by atoms with E-state index >= 15 is 0 Å². The molecule has 38 heavy (non-hydrogen) atoms. The number of carbonyl (C=O) groups is 2. The minimum atomic E-state index is -0.653. The van der Waals surface area contributed by atoms with Gasteiger partial charge in [-0.15, -0.1) is 0 Å². The molecule has 8 nitrogen and oxygen atoms in total. The minimum absolute atomic E-state index is 0.112. The van der Waals surface area contributed by atoms with Crippen molar-refractivity contribution in [3.63, 3.8) is 0 Å². The third-order valence-corrected chi connectivity index (χ3v) is 7.31. The molecule has 4 aromatic rings. The molecule has 3 aromatic carbocycles. The monoisotopic (exact) mass is 511 g/mol. The number of anilines is 1. The summed E-state index contributed by atoms with van der Waals surface area (Å²) in [6.07, 6.45) is 2.03. The fraction of sp³-hybridized carbons (Fsp3) is 0.267. The van der Waals surface area contributed by atoms with Crippen LogP contribution in [0.5, 0.6) is 11.5 Å². The number of hydrogen-bond donors (Lipinski definition) is 1. The Bertz CT molecular complexity index is 1530. The number of methoxy groups -OCH3 is 1. The Kier molecular flexibility index (Phi) is 6.25. The molecule has 2 aliphatic rings. The summed E-state index contributed by atoms with van der Waals surface area (Å²) >= 11 is 0. The van der Waals surface area contributed by atoms with E-state index in [4.69, 9.17) is 14.2 Å². The van der Waals surface area contributed by atoms with Crippen LogP contribution in [0.15, 0.2) is 72.9 Å². The normalized spacial score (nSPS) is 18.4. The molecule has 2 atom stereocenters. The SMILES string of the molecule is COCCN1C(=O)c2ccccc2[C@@H](C(=O)Nc2ccc3c(c2)OCCO3)[C@@H]1c1cn(C)c2ccccc12. The molecule has 8 heteroatoms. The number of carbonyl (C=O) groups excluding carboxylic acids is 2. The molecule has 0 radical (unpaired) electrons. The highest BCUT2D eigenvalue weighted by Crippen LogP contribution is 2.45. The first kappa shape index (κ1) is 24.1. The molecule has 3 heterocycles. The number of rotatable bonds is 6. The molecule has 0 saturated heterocycles. The van der Waals surface area contributed by atoms with Gasteiger partial charge in [0.2, 0.25) is 5.91 Å². The molecule has 194 valence electrons. The molecular formula is C30H29N3O5. The summed E-state index contributed by atoms with van der Waals surface area (Å²) in [6, 6.07) is 20.3. The number of nitrogens with one attached hydrogen (secondary N) is 1. The summed E-state index contributed by atoms with van der Waals surface area (Å²) in [6.45, 7) is 1.66.